The second-order valence-corrected chi connectivity index (χ2v) is 5.13. The average Bonchev–Trinajstić information content (AvgIpc) is 2.30. The van der Waals surface area contributed by atoms with Gasteiger partial charge in [0.05, 0.1) is 21.5 Å². The van der Waals surface area contributed by atoms with Crippen LogP contribution < -0.4 is 5.32 Å². The minimum atomic E-state index is -0.669. The van der Waals surface area contributed by atoms with Crippen LogP contribution in [-0.4, -0.2) is 12.5 Å². The van der Waals surface area contributed by atoms with Gasteiger partial charge in [-0.1, -0.05) is 6.07 Å². The molecule has 0 spiro atoms. The Kier molecular flexibility index (Phi) is 4.24. The van der Waals surface area contributed by atoms with E-state index in [-0.39, 0.29) is 16.6 Å². The number of nitrogens with one attached hydrogen (secondary N) is 1. The number of hydrogen-bond donors (Lipinski definition) is 1. The highest BCUT2D eigenvalue weighted by atomic mass is 79.9. The molecule has 1 amide bonds. The molecule has 1 N–H and O–H groups in total. The highest BCUT2D eigenvalue weighted by Crippen LogP contribution is 2.19. The molecular weight excluding hydrogens is 287 g/mol. The minimum Gasteiger partial charge on any atom is -0.350 e. The van der Waals surface area contributed by atoms with E-state index in [1.165, 1.54) is 12.1 Å². The first kappa shape index (κ1) is 13.7. The summed E-state index contributed by atoms with van der Waals surface area (Å²) in [6.07, 6.45) is 0. The van der Waals surface area contributed by atoms with Gasteiger partial charge in [-0.15, -0.1) is 0 Å². The standard InChI is InChI=1S/C12H12BrFN2O/c1-12(2,6-15)7-16-11(17)8-4-3-5-9(13)10(8)14/h3-5H,7H2,1-2H3,(H,16,17). The Morgan fingerprint density at radius 1 is 1.59 bits per heavy atom. The van der Waals surface area contributed by atoms with Gasteiger partial charge in [0.1, 0.15) is 5.82 Å². The van der Waals surface area contributed by atoms with Crippen molar-refractivity contribution in [2.75, 3.05) is 6.54 Å². The lowest BCUT2D eigenvalue weighted by molar-refractivity contribution is 0.0939. The fraction of sp³-hybridized carbons (Fsp3) is 0.333. The molecule has 0 unspecified atom stereocenters. The van der Waals surface area contributed by atoms with Gasteiger partial charge in [-0.25, -0.2) is 4.39 Å². The zero-order valence-corrected chi connectivity index (χ0v) is 11.1. The molecule has 0 saturated carbocycles. The number of halogens is 2. The van der Waals surface area contributed by atoms with Crippen molar-refractivity contribution in [3.05, 3.63) is 34.1 Å². The number of carbonyl (C=O) groups is 1. The summed E-state index contributed by atoms with van der Waals surface area (Å²) in [6.45, 7) is 3.57. The largest absolute Gasteiger partial charge is 0.350 e. The Balaban J connectivity index is 2.79. The summed E-state index contributed by atoms with van der Waals surface area (Å²) in [7, 11) is 0. The summed E-state index contributed by atoms with van der Waals surface area (Å²) in [5.41, 5.74) is -0.703. The molecule has 1 aromatic carbocycles. The zero-order chi connectivity index (χ0) is 13.1. The molecule has 0 fully saturated rings. The van der Waals surface area contributed by atoms with Gasteiger partial charge in [0.15, 0.2) is 0 Å². The van der Waals surface area contributed by atoms with Crippen LogP contribution in [-0.2, 0) is 0 Å². The van der Waals surface area contributed by atoms with Gasteiger partial charge in [0, 0.05) is 6.54 Å². The van der Waals surface area contributed by atoms with Crippen LogP contribution in [0.2, 0.25) is 0 Å². The van der Waals surface area contributed by atoms with Crippen molar-refractivity contribution < 1.29 is 9.18 Å². The third kappa shape index (κ3) is 3.53. The number of hydrogen-bond acceptors (Lipinski definition) is 2. The molecule has 0 aromatic heterocycles. The van der Waals surface area contributed by atoms with Crippen LogP contribution in [0.15, 0.2) is 22.7 Å². The van der Waals surface area contributed by atoms with Gasteiger partial charge in [0.25, 0.3) is 5.91 Å². The van der Waals surface area contributed by atoms with Gasteiger partial charge in [-0.3, -0.25) is 4.79 Å². The number of carbonyl (C=O) groups excluding carboxylic acids is 1. The van der Waals surface area contributed by atoms with E-state index in [1.54, 1.807) is 19.9 Å². The van der Waals surface area contributed by atoms with Gasteiger partial charge < -0.3 is 5.32 Å². The summed E-state index contributed by atoms with van der Waals surface area (Å²) in [4.78, 5) is 11.7. The van der Waals surface area contributed by atoms with E-state index >= 15 is 0 Å². The minimum absolute atomic E-state index is 0.0342. The predicted octanol–water partition coefficient (Wildman–Crippen LogP) is 2.87. The van der Waals surface area contributed by atoms with Crippen LogP contribution in [0.25, 0.3) is 0 Å². The van der Waals surface area contributed by atoms with Gasteiger partial charge in [-0.2, -0.15) is 5.26 Å². The first-order chi connectivity index (χ1) is 7.87. The van der Waals surface area contributed by atoms with Crippen LogP contribution in [0.1, 0.15) is 24.2 Å². The highest BCUT2D eigenvalue weighted by Gasteiger charge is 2.20. The monoisotopic (exact) mass is 298 g/mol. The first-order valence-electron chi connectivity index (χ1n) is 5.01. The average molecular weight is 299 g/mol. The van der Waals surface area contributed by atoms with E-state index in [4.69, 9.17) is 5.26 Å². The van der Waals surface area contributed by atoms with Crippen LogP contribution >= 0.6 is 15.9 Å². The summed E-state index contributed by atoms with van der Waals surface area (Å²) in [5, 5.41) is 11.3. The van der Waals surface area contributed by atoms with Crippen LogP contribution in [0.5, 0.6) is 0 Å². The lowest BCUT2D eigenvalue weighted by Gasteiger charge is -2.16. The maximum atomic E-state index is 13.6. The number of nitrogens with zero attached hydrogens (tertiary/aromatic N) is 1. The van der Waals surface area contributed by atoms with E-state index in [1.807, 2.05) is 0 Å². The fourth-order valence-electron chi connectivity index (χ4n) is 1.12. The number of nitriles is 1. The predicted molar refractivity (Wildman–Crippen MR) is 65.8 cm³/mol. The number of amides is 1. The first-order valence-corrected chi connectivity index (χ1v) is 5.80. The molecule has 0 saturated heterocycles. The zero-order valence-electron chi connectivity index (χ0n) is 9.55. The SMILES string of the molecule is CC(C)(C#N)CNC(=O)c1cccc(Br)c1F. The normalized spacial score (nSPS) is 10.8. The van der Waals surface area contributed by atoms with Gasteiger partial charge >= 0.3 is 0 Å². The van der Waals surface area contributed by atoms with Crippen molar-refractivity contribution in [1.82, 2.24) is 5.32 Å². The number of rotatable bonds is 3. The molecule has 0 radical (unpaired) electrons. The summed E-state index contributed by atoms with van der Waals surface area (Å²) in [5.74, 6) is -1.12. The van der Waals surface area contributed by atoms with E-state index in [0.29, 0.717) is 0 Å². The van der Waals surface area contributed by atoms with E-state index in [0.717, 1.165) is 0 Å². The van der Waals surface area contributed by atoms with E-state index in [9.17, 15) is 9.18 Å². The molecule has 17 heavy (non-hydrogen) atoms. The molecule has 0 aliphatic rings. The van der Waals surface area contributed by atoms with Crippen molar-refractivity contribution >= 4 is 21.8 Å². The molecule has 0 aliphatic heterocycles. The summed E-state index contributed by atoms with van der Waals surface area (Å²) in [6, 6.07) is 6.55. The van der Waals surface area contributed by atoms with Gasteiger partial charge in [0.2, 0.25) is 0 Å². The Bertz CT molecular complexity index is 480. The van der Waals surface area contributed by atoms with E-state index in [2.05, 4.69) is 27.3 Å². The fourth-order valence-corrected chi connectivity index (χ4v) is 1.48. The highest BCUT2D eigenvalue weighted by molar-refractivity contribution is 9.10. The molecule has 1 rings (SSSR count). The molecule has 5 heteroatoms. The summed E-state index contributed by atoms with van der Waals surface area (Å²) >= 11 is 3.01. The Morgan fingerprint density at radius 2 is 2.24 bits per heavy atom. The quantitative estimate of drug-likeness (QED) is 0.933. The summed E-state index contributed by atoms with van der Waals surface area (Å²) < 4.78 is 13.8. The Morgan fingerprint density at radius 3 is 2.82 bits per heavy atom. The third-order valence-corrected chi connectivity index (χ3v) is 2.80. The van der Waals surface area contributed by atoms with Crippen molar-refractivity contribution in [3.63, 3.8) is 0 Å². The van der Waals surface area contributed by atoms with Crippen molar-refractivity contribution in [3.8, 4) is 6.07 Å². The van der Waals surface area contributed by atoms with E-state index < -0.39 is 17.1 Å². The molecule has 1 aromatic rings. The van der Waals surface area contributed by atoms with Crippen molar-refractivity contribution in [2.24, 2.45) is 5.41 Å². The maximum absolute atomic E-state index is 13.6. The van der Waals surface area contributed by atoms with Crippen molar-refractivity contribution in [1.29, 1.82) is 5.26 Å². The number of benzene rings is 1. The lowest BCUT2D eigenvalue weighted by atomic mass is 9.96. The molecule has 0 bridgehead atoms. The molecule has 0 aliphatic carbocycles. The second-order valence-electron chi connectivity index (χ2n) is 4.28. The van der Waals surface area contributed by atoms with Crippen LogP contribution in [0.3, 0.4) is 0 Å². The topological polar surface area (TPSA) is 52.9 Å². The van der Waals surface area contributed by atoms with Crippen molar-refractivity contribution in [2.45, 2.75) is 13.8 Å². The molecular formula is C12H12BrFN2O. The molecule has 90 valence electrons. The molecule has 0 atom stereocenters. The molecule has 3 nitrogen and oxygen atoms in total. The van der Waals surface area contributed by atoms with Crippen LogP contribution in [0.4, 0.5) is 4.39 Å². The second kappa shape index (κ2) is 5.28. The molecule has 0 heterocycles. The third-order valence-electron chi connectivity index (χ3n) is 2.19. The van der Waals surface area contributed by atoms with Gasteiger partial charge in [-0.05, 0) is 41.9 Å². The lowest BCUT2D eigenvalue weighted by Crippen LogP contribution is -2.33. The Hall–Kier alpha value is -1.41. The maximum Gasteiger partial charge on any atom is 0.254 e. The van der Waals surface area contributed by atoms with Crippen LogP contribution in [0, 0.1) is 22.6 Å². The Labute approximate surface area is 108 Å². The smallest absolute Gasteiger partial charge is 0.254 e.